The van der Waals surface area contributed by atoms with Gasteiger partial charge in [-0.05, 0) is 6.42 Å². The normalized spacial score (nSPS) is 26.6. The summed E-state index contributed by atoms with van der Waals surface area (Å²) in [5.74, 6) is 0.100. The number of aliphatic hydroxyl groups is 1. The van der Waals surface area contributed by atoms with Crippen molar-refractivity contribution in [3.8, 4) is 0 Å². The fraction of sp³-hybridized carbons (Fsp3) is 0.800. The van der Waals surface area contributed by atoms with Crippen molar-refractivity contribution >= 4 is 5.91 Å². The van der Waals surface area contributed by atoms with Crippen LogP contribution in [0.15, 0.2) is 0 Å². The highest BCUT2D eigenvalue weighted by atomic mass is 16.3. The first-order valence-corrected chi connectivity index (χ1v) is 2.73. The summed E-state index contributed by atoms with van der Waals surface area (Å²) in [7, 11) is 0. The molecule has 0 aromatic carbocycles. The zero-order valence-corrected chi connectivity index (χ0v) is 4.55. The molecule has 3 nitrogen and oxygen atoms in total. The molecule has 0 radical (unpaired) electrons. The molecule has 1 aliphatic heterocycles. The van der Waals surface area contributed by atoms with Crippen LogP contribution in [0.2, 0.25) is 0 Å². The third kappa shape index (κ3) is 0.980. The molecule has 0 unspecified atom stereocenters. The Labute approximate surface area is 47.7 Å². The molecular formula is C5H9NO2. The second-order valence-corrected chi connectivity index (χ2v) is 1.98. The van der Waals surface area contributed by atoms with Gasteiger partial charge in [-0.1, -0.05) is 0 Å². The molecule has 1 amide bonds. The predicted octanol–water partition coefficient (Wildman–Crippen LogP) is -0.743. The molecule has 1 heterocycles. The molecule has 0 spiro atoms. The first kappa shape index (κ1) is 5.56. The molecule has 0 bridgehead atoms. The number of nitrogens with one attached hydrogen (secondary N) is 1. The minimum atomic E-state index is 0.100. The van der Waals surface area contributed by atoms with Gasteiger partial charge in [-0.2, -0.15) is 0 Å². The van der Waals surface area contributed by atoms with Gasteiger partial charge in [0.25, 0.3) is 0 Å². The maximum atomic E-state index is 10.2. The third-order valence-corrected chi connectivity index (χ3v) is 1.27. The monoisotopic (exact) mass is 115 g/mol. The Morgan fingerprint density at radius 1 is 1.88 bits per heavy atom. The summed E-state index contributed by atoms with van der Waals surface area (Å²) < 4.78 is 0. The van der Waals surface area contributed by atoms with E-state index < -0.39 is 0 Å². The number of carbonyl (C=O) groups is 1. The topological polar surface area (TPSA) is 49.3 Å². The van der Waals surface area contributed by atoms with Gasteiger partial charge in [0, 0.05) is 19.1 Å². The maximum absolute atomic E-state index is 10.2. The Morgan fingerprint density at radius 3 is 2.88 bits per heavy atom. The van der Waals surface area contributed by atoms with Gasteiger partial charge >= 0.3 is 0 Å². The first-order chi connectivity index (χ1) is 3.83. The smallest absolute Gasteiger partial charge is 0.222 e. The molecule has 1 atom stereocenters. The minimum Gasteiger partial charge on any atom is -0.396 e. The molecule has 3 heteroatoms. The number of amides is 1. The lowest BCUT2D eigenvalue weighted by atomic mass is 10.0. The molecule has 1 rings (SSSR count). The van der Waals surface area contributed by atoms with Gasteiger partial charge in [-0.25, -0.2) is 0 Å². The van der Waals surface area contributed by atoms with Gasteiger partial charge in [-0.3, -0.25) is 4.79 Å². The molecule has 0 aromatic heterocycles. The lowest BCUT2D eigenvalue weighted by Crippen LogP contribution is -2.48. The molecule has 8 heavy (non-hydrogen) atoms. The van der Waals surface area contributed by atoms with Crippen LogP contribution in [0.25, 0.3) is 0 Å². The molecular weight excluding hydrogens is 106 g/mol. The number of hydrogen-bond donors (Lipinski definition) is 2. The second-order valence-electron chi connectivity index (χ2n) is 1.98. The van der Waals surface area contributed by atoms with E-state index in [1.54, 1.807) is 0 Å². The highest BCUT2D eigenvalue weighted by Gasteiger charge is 2.23. The number of rotatable bonds is 2. The standard InChI is InChI=1S/C5H9NO2/c7-2-1-4-3-5(8)6-4/h4,7H,1-3H2,(H,6,8)/t4-/m1/s1. The van der Waals surface area contributed by atoms with Crippen LogP contribution >= 0.6 is 0 Å². The zero-order valence-electron chi connectivity index (χ0n) is 4.55. The number of aliphatic hydroxyl groups excluding tert-OH is 1. The Bertz CT molecular complexity index is 94.6. The van der Waals surface area contributed by atoms with Gasteiger partial charge < -0.3 is 10.4 Å². The second kappa shape index (κ2) is 2.13. The summed E-state index contributed by atoms with van der Waals surface area (Å²) in [6.07, 6.45) is 1.30. The first-order valence-electron chi connectivity index (χ1n) is 2.73. The van der Waals surface area contributed by atoms with Crippen LogP contribution in [-0.2, 0) is 4.79 Å². The quantitative estimate of drug-likeness (QED) is 0.465. The number of β-lactam (4-membered cyclic amide) rings is 1. The molecule has 1 fully saturated rings. The molecule has 0 aliphatic carbocycles. The number of carbonyl (C=O) groups excluding carboxylic acids is 1. The molecule has 0 saturated carbocycles. The number of hydrogen-bond acceptors (Lipinski definition) is 2. The average molecular weight is 115 g/mol. The van der Waals surface area contributed by atoms with Crippen molar-refractivity contribution in [3.05, 3.63) is 0 Å². The van der Waals surface area contributed by atoms with Crippen molar-refractivity contribution in [2.75, 3.05) is 6.61 Å². The lowest BCUT2D eigenvalue weighted by Gasteiger charge is -2.25. The summed E-state index contributed by atoms with van der Waals surface area (Å²) in [4.78, 5) is 10.2. The van der Waals surface area contributed by atoms with E-state index in [9.17, 15) is 4.79 Å². The van der Waals surface area contributed by atoms with Crippen LogP contribution in [0.5, 0.6) is 0 Å². The van der Waals surface area contributed by atoms with Gasteiger partial charge in [0.1, 0.15) is 0 Å². The van der Waals surface area contributed by atoms with Crippen molar-refractivity contribution in [2.45, 2.75) is 18.9 Å². The van der Waals surface area contributed by atoms with E-state index >= 15 is 0 Å². The van der Waals surface area contributed by atoms with Crippen molar-refractivity contribution in [2.24, 2.45) is 0 Å². The van der Waals surface area contributed by atoms with Crippen molar-refractivity contribution in [1.29, 1.82) is 0 Å². The maximum Gasteiger partial charge on any atom is 0.222 e. The van der Waals surface area contributed by atoms with E-state index in [0.717, 1.165) is 0 Å². The fourth-order valence-electron chi connectivity index (χ4n) is 0.760. The van der Waals surface area contributed by atoms with Crippen LogP contribution in [0, 0.1) is 0 Å². The summed E-state index contributed by atoms with van der Waals surface area (Å²) in [5, 5.41) is 11.0. The van der Waals surface area contributed by atoms with E-state index in [1.807, 2.05) is 0 Å². The van der Waals surface area contributed by atoms with Crippen LogP contribution in [-0.4, -0.2) is 23.7 Å². The Morgan fingerprint density at radius 2 is 2.50 bits per heavy atom. The van der Waals surface area contributed by atoms with E-state index in [0.29, 0.717) is 12.8 Å². The van der Waals surface area contributed by atoms with E-state index in [4.69, 9.17) is 5.11 Å². The summed E-state index contributed by atoms with van der Waals surface area (Å²) in [6.45, 7) is 0.172. The van der Waals surface area contributed by atoms with Gasteiger partial charge in [0.2, 0.25) is 5.91 Å². The SMILES string of the molecule is O=C1C[C@@H](CCO)N1. The highest BCUT2D eigenvalue weighted by Crippen LogP contribution is 2.06. The third-order valence-electron chi connectivity index (χ3n) is 1.27. The van der Waals surface area contributed by atoms with Gasteiger partial charge in [-0.15, -0.1) is 0 Å². The molecule has 0 aromatic rings. The fourth-order valence-corrected chi connectivity index (χ4v) is 0.760. The van der Waals surface area contributed by atoms with E-state index in [-0.39, 0.29) is 18.6 Å². The Kier molecular flexibility index (Phi) is 1.48. The van der Waals surface area contributed by atoms with Crippen LogP contribution in [0.4, 0.5) is 0 Å². The Hall–Kier alpha value is -0.570. The van der Waals surface area contributed by atoms with Crippen molar-refractivity contribution in [1.82, 2.24) is 5.32 Å². The highest BCUT2D eigenvalue weighted by molar-refractivity contribution is 5.82. The van der Waals surface area contributed by atoms with Gasteiger partial charge in [0.15, 0.2) is 0 Å². The summed E-state index contributed by atoms with van der Waals surface area (Å²) in [5.41, 5.74) is 0. The molecule has 46 valence electrons. The molecule has 1 saturated heterocycles. The van der Waals surface area contributed by atoms with Crippen LogP contribution in [0.3, 0.4) is 0 Å². The van der Waals surface area contributed by atoms with Crippen molar-refractivity contribution in [3.63, 3.8) is 0 Å². The Balaban J connectivity index is 2.06. The van der Waals surface area contributed by atoms with Crippen molar-refractivity contribution < 1.29 is 9.90 Å². The van der Waals surface area contributed by atoms with Crippen LogP contribution in [0.1, 0.15) is 12.8 Å². The summed E-state index contributed by atoms with van der Waals surface area (Å²) >= 11 is 0. The average Bonchev–Trinajstić information content (AvgIpc) is 1.64. The van der Waals surface area contributed by atoms with Gasteiger partial charge in [0.05, 0.1) is 0 Å². The predicted molar refractivity (Wildman–Crippen MR) is 28.3 cm³/mol. The largest absolute Gasteiger partial charge is 0.396 e. The molecule has 2 N–H and O–H groups in total. The zero-order chi connectivity index (χ0) is 5.98. The lowest BCUT2D eigenvalue weighted by molar-refractivity contribution is -0.128. The van der Waals surface area contributed by atoms with E-state index in [2.05, 4.69) is 5.32 Å². The summed E-state index contributed by atoms with van der Waals surface area (Å²) in [6, 6.07) is 0.257. The van der Waals surface area contributed by atoms with Crippen LogP contribution < -0.4 is 5.32 Å². The molecule has 1 aliphatic rings. The van der Waals surface area contributed by atoms with E-state index in [1.165, 1.54) is 0 Å². The minimum absolute atomic E-state index is 0.100.